The van der Waals surface area contributed by atoms with Crippen molar-refractivity contribution in [3.8, 4) is 0 Å². The molecule has 1 heterocycles. The Morgan fingerprint density at radius 2 is 2.27 bits per heavy atom. The molecular formula is C9H18O2. The van der Waals surface area contributed by atoms with Crippen LogP contribution < -0.4 is 0 Å². The molecule has 1 rings (SSSR count). The maximum absolute atomic E-state index is 9.54. The molecule has 1 aliphatic heterocycles. The van der Waals surface area contributed by atoms with Gasteiger partial charge in [-0.1, -0.05) is 13.8 Å². The zero-order chi connectivity index (χ0) is 8.27. The summed E-state index contributed by atoms with van der Waals surface area (Å²) < 4.78 is 5.29. The molecule has 0 spiro atoms. The molecule has 0 amide bonds. The third-order valence-electron chi connectivity index (χ3n) is 2.21. The van der Waals surface area contributed by atoms with Crippen molar-refractivity contribution in [1.82, 2.24) is 0 Å². The Morgan fingerprint density at radius 3 is 2.82 bits per heavy atom. The predicted molar refractivity (Wildman–Crippen MR) is 44.4 cm³/mol. The van der Waals surface area contributed by atoms with E-state index in [1.807, 2.05) is 0 Å². The van der Waals surface area contributed by atoms with Crippen molar-refractivity contribution in [1.29, 1.82) is 0 Å². The van der Waals surface area contributed by atoms with Crippen LogP contribution in [0.25, 0.3) is 0 Å². The fourth-order valence-corrected chi connectivity index (χ4v) is 1.62. The zero-order valence-corrected chi connectivity index (χ0v) is 7.42. The van der Waals surface area contributed by atoms with Crippen molar-refractivity contribution in [2.75, 3.05) is 13.2 Å². The molecule has 1 N–H and O–H groups in total. The Balaban J connectivity index is 2.29. The molecule has 0 aromatic rings. The first-order chi connectivity index (χ1) is 5.20. The SMILES string of the molecule is CC(C)C[C@@H]1COCC[C@H]1O. The first-order valence-electron chi connectivity index (χ1n) is 4.46. The average Bonchev–Trinajstić information content (AvgIpc) is 1.93. The Morgan fingerprint density at radius 1 is 1.55 bits per heavy atom. The Hall–Kier alpha value is -0.0800. The van der Waals surface area contributed by atoms with Gasteiger partial charge in [0.25, 0.3) is 0 Å². The summed E-state index contributed by atoms with van der Waals surface area (Å²) in [6, 6.07) is 0. The highest BCUT2D eigenvalue weighted by Crippen LogP contribution is 2.21. The molecule has 0 aliphatic carbocycles. The molecule has 0 bridgehead atoms. The quantitative estimate of drug-likeness (QED) is 0.658. The number of aliphatic hydroxyl groups is 1. The highest BCUT2D eigenvalue weighted by Gasteiger charge is 2.23. The first kappa shape index (κ1) is 9.01. The van der Waals surface area contributed by atoms with Gasteiger partial charge in [0.1, 0.15) is 0 Å². The fourth-order valence-electron chi connectivity index (χ4n) is 1.62. The van der Waals surface area contributed by atoms with Crippen LogP contribution in [0.2, 0.25) is 0 Å². The van der Waals surface area contributed by atoms with Gasteiger partial charge in [-0.2, -0.15) is 0 Å². The molecule has 0 radical (unpaired) electrons. The van der Waals surface area contributed by atoms with Crippen molar-refractivity contribution in [2.45, 2.75) is 32.8 Å². The van der Waals surface area contributed by atoms with E-state index < -0.39 is 0 Å². The summed E-state index contributed by atoms with van der Waals surface area (Å²) in [6.07, 6.45) is 1.78. The first-order valence-corrected chi connectivity index (χ1v) is 4.46. The Bertz CT molecular complexity index is 112. The highest BCUT2D eigenvalue weighted by atomic mass is 16.5. The van der Waals surface area contributed by atoms with E-state index in [-0.39, 0.29) is 6.10 Å². The van der Waals surface area contributed by atoms with Crippen LogP contribution in [-0.4, -0.2) is 24.4 Å². The van der Waals surface area contributed by atoms with Gasteiger partial charge in [0.2, 0.25) is 0 Å². The molecule has 2 heteroatoms. The summed E-state index contributed by atoms with van der Waals surface area (Å²) in [6.45, 7) is 5.85. The van der Waals surface area contributed by atoms with E-state index in [9.17, 15) is 5.11 Å². The monoisotopic (exact) mass is 158 g/mol. The second-order valence-corrected chi connectivity index (χ2v) is 3.82. The van der Waals surface area contributed by atoms with Crippen LogP contribution in [0.3, 0.4) is 0 Å². The summed E-state index contributed by atoms with van der Waals surface area (Å²) in [5.74, 6) is 1.04. The molecule has 1 aliphatic rings. The van der Waals surface area contributed by atoms with Crippen molar-refractivity contribution in [3.05, 3.63) is 0 Å². The van der Waals surface area contributed by atoms with E-state index in [2.05, 4.69) is 13.8 Å². The Kier molecular flexibility index (Phi) is 3.34. The van der Waals surface area contributed by atoms with Gasteiger partial charge in [0.15, 0.2) is 0 Å². The number of ether oxygens (including phenoxy) is 1. The second-order valence-electron chi connectivity index (χ2n) is 3.82. The molecule has 1 saturated heterocycles. The molecule has 2 nitrogen and oxygen atoms in total. The summed E-state index contributed by atoms with van der Waals surface area (Å²) in [5, 5.41) is 9.54. The van der Waals surface area contributed by atoms with Gasteiger partial charge in [-0.05, 0) is 18.8 Å². The summed E-state index contributed by atoms with van der Waals surface area (Å²) in [4.78, 5) is 0. The number of rotatable bonds is 2. The van der Waals surface area contributed by atoms with E-state index in [4.69, 9.17) is 4.74 Å². The number of hydrogen-bond donors (Lipinski definition) is 1. The van der Waals surface area contributed by atoms with E-state index in [0.29, 0.717) is 11.8 Å². The van der Waals surface area contributed by atoms with E-state index >= 15 is 0 Å². The predicted octanol–water partition coefficient (Wildman–Crippen LogP) is 1.43. The molecule has 11 heavy (non-hydrogen) atoms. The summed E-state index contributed by atoms with van der Waals surface area (Å²) in [5.41, 5.74) is 0. The van der Waals surface area contributed by atoms with Gasteiger partial charge in [0, 0.05) is 12.5 Å². The minimum Gasteiger partial charge on any atom is -0.393 e. The lowest BCUT2D eigenvalue weighted by Crippen LogP contribution is -2.32. The smallest absolute Gasteiger partial charge is 0.0612 e. The topological polar surface area (TPSA) is 29.5 Å². The van der Waals surface area contributed by atoms with Crippen LogP contribution in [0.5, 0.6) is 0 Å². The maximum Gasteiger partial charge on any atom is 0.0612 e. The Labute approximate surface area is 68.6 Å². The molecule has 66 valence electrons. The lowest BCUT2D eigenvalue weighted by molar-refractivity contribution is -0.0421. The molecule has 0 aromatic carbocycles. The van der Waals surface area contributed by atoms with Gasteiger partial charge < -0.3 is 9.84 Å². The maximum atomic E-state index is 9.54. The van der Waals surface area contributed by atoms with Gasteiger partial charge in [-0.3, -0.25) is 0 Å². The van der Waals surface area contributed by atoms with Crippen molar-refractivity contribution in [2.24, 2.45) is 11.8 Å². The van der Waals surface area contributed by atoms with Crippen LogP contribution in [-0.2, 0) is 4.74 Å². The van der Waals surface area contributed by atoms with E-state index in [1.54, 1.807) is 0 Å². The molecular weight excluding hydrogens is 140 g/mol. The molecule has 1 fully saturated rings. The normalized spacial score (nSPS) is 32.7. The van der Waals surface area contributed by atoms with Crippen LogP contribution in [0.4, 0.5) is 0 Å². The molecule has 0 unspecified atom stereocenters. The van der Waals surface area contributed by atoms with Crippen LogP contribution in [0.1, 0.15) is 26.7 Å². The molecule has 2 atom stereocenters. The van der Waals surface area contributed by atoms with Crippen molar-refractivity contribution < 1.29 is 9.84 Å². The number of aliphatic hydroxyl groups excluding tert-OH is 1. The van der Waals surface area contributed by atoms with E-state index in [0.717, 1.165) is 26.1 Å². The van der Waals surface area contributed by atoms with Crippen LogP contribution in [0, 0.1) is 11.8 Å². The van der Waals surface area contributed by atoms with Crippen molar-refractivity contribution in [3.63, 3.8) is 0 Å². The minimum atomic E-state index is -0.119. The highest BCUT2D eigenvalue weighted by molar-refractivity contribution is 4.73. The third-order valence-corrected chi connectivity index (χ3v) is 2.21. The van der Waals surface area contributed by atoms with Crippen LogP contribution >= 0.6 is 0 Å². The zero-order valence-electron chi connectivity index (χ0n) is 7.42. The standard InChI is InChI=1S/C9H18O2/c1-7(2)5-8-6-11-4-3-9(8)10/h7-10H,3-6H2,1-2H3/t8-,9-/m1/s1. The third kappa shape index (κ3) is 2.80. The lowest BCUT2D eigenvalue weighted by atomic mass is 9.90. The summed E-state index contributed by atoms with van der Waals surface area (Å²) in [7, 11) is 0. The molecule has 0 saturated carbocycles. The second kappa shape index (κ2) is 4.07. The van der Waals surface area contributed by atoms with Crippen LogP contribution in [0.15, 0.2) is 0 Å². The van der Waals surface area contributed by atoms with Crippen molar-refractivity contribution >= 4 is 0 Å². The van der Waals surface area contributed by atoms with Gasteiger partial charge >= 0.3 is 0 Å². The van der Waals surface area contributed by atoms with Gasteiger partial charge in [-0.25, -0.2) is 0 Å². The number of hydrogen-bond acceptors (Lipinski definition) is 2. The minimum absolute atomic E-state index is 0.119. The summed E-state index contributed by atoms with van der Waals surface area (Å²) >= 11 is 0. The van der Waals surface area contributed by atoms with Gasteiger partial charge in [0.05, 0.1) is 12.7 Å². The lowest BCUT2D eigenvalue weighted by Gasteiger charge is -2.28. The van der Waals surface area contributed by atoms with E-state index in [1.165, 1.54) is 0 Å². The van der Waals surface area contributed by atoms with Gasteiger partial charge in [-0.15, -0.1) is 0 Å². The largest absolute Gasteiger partial charge is 0.393 e. The average molecular weight is 158 g/mol. The fraction of sp³-hybridized carbons (Fsp3) is 1.00. The molecule has 0 aromatic heterocycles.